The second kappa shape index (κ2) is 5.29. The van der Waals surface area contributed by atoms with Crippen molar-refractivity contribution in [1.29, 1.82) is 0 Å². The van der Waals surface area contributed by atoms with E-state index in [9.17, 15) is 19.8 Å². The van der Waals surface area contributed by atoms with E-state index in [0.717, 1.165) is 0 Å². The van der Waals surface area contributed by atoms with Gasteiger partial charge in [-0.2, -0.15) is 0 Å². The third kappa shape index (κ3) is 1.78. The number of rotatable bonds is 2. The van der Waals surface area contributed by atoms with Gasteiger partial charge in [0, 0.05) is 0 Å². The number of aryl methyl sites for hydroxylation is 1. The van der Waals surface area contributed by atoms with Crippen molar-refractivity contribution in [3.63, 3.8) is 0 Å². The molecule has 8 nitrogen and oxygen atoms in total. The van der Waals surface area contributed by atoms with E-state index in [1.165, 1.54) is 27.2 Å². The Hall–Kier alpha value is -3.42. The molecular formula is C18H14O8. The van der Waals surface area contributed by atoms with Gasteiger partial charge in [0.05, 0.1) is 36.5 Å². The lowest BCUT2D eigenvalue weighted by Crippen LogP contribution is -2.23. The number of fused-ring (bicyclic) bond motifs is 4. The van der Waals surface area contributed by atoms with Crippen LogP contribution in [0.3, 0.4) is 0 Å². The first kappa shape index (κ1) is 16.1. The van der Waals surface area contributed by atoms with Gasteiger partial charge in [0.25, 0.3) is 0 Å². The Morgan fingerprint density at radius 2 is 1.50 bits per heavy atom. The second-order valence-corrected chi connectivity index (χ2v) is 5.85. The van der Waals surface area contributed by atoms with Gasteiger partial charge in [-0.25, -0.2) is 0 Å². The molecule has 0 radical (unpaired) electrons. The zero-order valence-electron chi connectivity index (χ0n) is 14.1. The van der Waals surface area contributed by atoms with Crippen molar-refractivity contribution >= 4 is 11.6 Å². The molecule has 134 valence electrons. The van der Waals surface area contributed by atoms with E-state index in [1.807, 2.05) is 0 Å². The molecule has 0 unspecified atom stereocenters. The van der Waals surface area contributed by atoms with E-state index in [2.05, 4.69) is 0 Å². The van der Waals surface area contributed by atoms with Crippen LogP contribution >= 0.6 is 0 Å². The Morgan fingerprint density at radius 1 is 0.885 bits per heavy atom. The van der Waals surface area contributed by atoms with Crippen LogP contribution < -0.4 is 18.9 Å². The van der Waals surface area contributed by atoms with Crippen molar-refractivity contribution in [3.8, 4) is 34.5 Å². The molecule has 1 aliphatic heterocycles. The SMILES string of the molecule is COc1c2c(c3c(c1OC)C(=O)c1c(O)c(C)cc(O)c1C3=O)OCO2. The number of aromatic hydroxyl groups is 2. The van der Waals surface area contributed by atoms with Crippen LogP contribution in [0, 0.1) is 6.92 Å². The zero-order valence-corrected chi connectivity index (χ0v) is 14.1. The van der Waals surface area contributed by atoms with Gasteiger partial charge in [-0.1, -0.05) is 0 Å². The highest BCUT2D eigenvalue weighted by Crippen LogP contribution is 2.55. The predicted octanol–water partition coefficient (Wildman–Crippen LogP) is 1.93. The molecule has 0 fully saturated rings. The van der Waals surface area contributed by atoms with E-state index >= 15 is 0 Å². The van der Waals surface area contributed by atoms with Crippen molar-refractivity contribution in [2.45, 2.75) is 6.92 Å². The Kier molecular flexibility index (Phi) is 3.27. The van der Waals surface area contributed by atoms with E-state index in [0.29, 0.717) is 0 Å². The Labute approximate surface area is 147 Å². The number of phenols is 2. The van der Waals surface area contributed by atoms with E-state index in [-0.39, 0.29) is 63.4 Å². The fourth-order valence-electron chi connectivity index (χ4n) is 3.38. The minimum atomic E-state index is -0.681. The third-order valence-corrected chi connectivity index (χ3v) is 4.52. The number of hydrogen-bond donors (Lipinski definition) is 2. The molecule has 1 heterocycles. The van der Waals surface area contributed by atoms with Crippen LogP contribution in [-0.4, -0.2) is 42.8 Å². The molecule has 26 heavy (non-hydrogen) atoms. The average molecular weight is 358 g/mol. The molecule has 0 amide bonds. The number of phenolic OH excluding ortho intramolecular Hbond substituents is 2. The molecule has 2 aromatic carbocycles. The molecule has 2 aromatic rings. The monoisotopic (exact) mass is 358 g/mol. The lowest BCUT2D eigenvalue weighted by molar-refractivity contribution is 0.0967. The summed E-state index contributed by atoms with van der Waals surface area (Å²) < 4.78 is 21.4. The molecule has 0 bridgehead atoms. The first-order valence-corrected chi connectivity index (χ1v) is 7.64. The van der Waals surface area contributed by atoms with Crippen molar-refractivity contribution < 1.29 is 38.7 Å². The van der Waals surface area contributed by atoms with Gasteiger partial charge in [-0.05, 0) is 18.6 Å². The molecule has 2 aliphatic rings. The number of benzene rings is 2. The molecule has 0 saturated carbocycles. The largest absolute Gasteiger partial charge is 0.507 e. The highest BCUT2D eigenvalue weighted by molar-refractivity contribution is 6.32. The van der Waals surface area contributed by atoms with Gasteiger partial charge in [0.1, 0.15) is 11.5 Å². The third-order valence-electron chi connectivity index (χ3n) is 4.52. The van der Waals surface area contributed by atoms with Crippen molar-refractivity contribution in [2.24, 2.45) is 0 Å². The number of carbonyl (C=O) groups excluding carboxylic acids is 2. The maximum absolute atomic E-state index is 13.2. The fraction of sp³-hybridized carbons (Fsp3) is 0.222. The van der Waals surface area contributed by atoms with Gasteiger partial charge in [0.2, 0.25) is 29.9 Å². The zero-order chi connectivity index (χ0) is 18.7. The summed E-state index contributed by atoms with van der Waals surface area (Å²) in [6, 6.07) is 1.22. The first-order valence-electron chi connectivity index (χ1n) is 7.64. The Morgan fingerprint density at radius 3 is 2.15 bits per heavy atom. The molecule has 0 saturated heterocycles. The maximum atomic E-state index is 13.2. The molecule has 4 rings (SSSR count). The van der Waals surface area contributed by atoms with E-state index in [1.54, 1.807) is 0 Å². The summed E-state index contributed by atoms with van der Waals surface area (Å²) in [5.41, 5.74) is -0.495. The van der Waals surface area contributed by atoms with Crippen molar-refractivity contribution in [3.05, 3.63) is 33.9 Å². The molecule has 2 N–H and O–H groups in total. The average Bonchev–Trinajstić information content (AvgIpc) is 3.09. The minimum absolute atomic E-state index is 0.00357. The number of carbonyl (C=O) groups is 2. The van der Waals surface area contributed by atoms with Crippen LogP contribution in [0.2, 0.25) is 0 Å². The molecule has 0 atom stereocenters. The highest BCUT2D eigenvalue weighted by atomic mass is 16.7. The van der Waals surface area contributed by atoms with Gasteiger partial charge in [-0.15, -0.1) is 0 Å². The normalized spacial score (nSPS) is 14.1. The summed E-state index contributed by atoms with van der Waals surface area (Å²) in [6.07, 6.45) is 0. The van der Waals surface area contributed by atoms with Crippen LogP contribution in [-0.2, 0) is 0 Å². The predicted molar refractivity (Wildman–Crippen MR) is 87.0 cm³/mol. The molecule has 0 aromatic heterocycles. The summed E-state index contributed by atoms with van der Waals surface area (Å²) in [6.45, 7) is 1.35. The van der Waals surface area contributed by atoms with Gasteiger partial charge >= 0.3 is 0 Å². The summed E-state index contributed by atoms with van der Waals surface area (Å²) in [4.78, 5) is 26.3. The summed E-state index contributed by atoms with van der Waals surface area (Å²) in [7, 11) is 2.68. The minimum Gasteiger partial charge on any atom is -0.507 e. The lowest BCUT2D eigenvalue weighted by Gasteiger charge is -2.24. The standard InChI is InChI=1S/C18H14O8/c1-6-4-7(19)8-9(12(6)20)14(22)10-11(13(8)21)16-18(26-5-25-16)17(24-3)15(10)23-2/h4,19-20H,5H2,1-3H3. The smallest absolute Gasteiger partial charge is 0.231 e. The maximum Gasteiger partial charge on any atom is 0.231 e. The molecule has 8 heteroatoms. The van der Waals surface area contributed by atoms with Crippen LogP contribution in [0.15, 0.2) is 6.07 Å². The number of ether oxygens (including phenoxy) is 4. The first-order chi connectivity index (χ1) is 12.4. The van der Waals surface area contributed by atoms with Gasteiger partial charge in [0.15, 0.2) is 11.5 Å². The molecule has 0 spiro atoms. The van der Waals surface area contributed by atoms with Crippen LogP contribution in [0.1, 0.15) is 37.4 Å². The quantitative estimate of drug-likeness (QED) is 0.669. The second-order valence-electron chi connectivity index (χ2n) is 5.85. The fourth-order valence-corrected chi connectivity index (χ4v) is 3.38. The topological polar surface area (TPSA) is 112 Å². The number of methoxy groups -OCH3 is 2. The van der Waals surface area contributed by atoms with Crippen LogP contribution in [0.4, 0.5) is 0 Å². The molecule has 1 aliphatic carbocycles. The number of hydrogen-bond acceptors (Lipinski definition) is 8. The number of ketones is 2. The Balaban J connectivity index is 2.16. The van der Waals surface area contributed by atoms with Gasteiger partial charge in [-0.3, -0.25) is 9.59 Å². The lowest BCUT2D eigenvalue weighted by atomic mass is 9.80. The molecular weight excluding hydrogens is 344 g/mol. The van der Waals surface area contributed by atoms with E-state index in [4.69, 9.17) is 18.9 Å². The summed E-state index contributed by atoms with van der Waals surface area (Å²) in [5.74, 6) is -1.84. The van der Waals surface area contributed by atoms with Crippen LogP contribution in [0.5, 0.6) is 34.5 Å². The summed E-state index contributed by atoms with van der Waals surface area (Å²) >= 11 is 0. The van der Waals surface area contributed by atoms with E-state index < -0.39 is 17.3 Å². The van der Waals surface area contributed by atoms with Crippen molar-refractivity contribution in [2.75, 3.05) is 21.0 Å². The van der Waals surface area contributed by atoms with Crippen molar-refractivity contribution in [1.82, 2.24) is 0 Å². The van der Waals surface area contributed by atoms with Crippen LogP contribution in [0.25, 0.3) is 0 Å². The summed E-state index contributed by atoms with van der Waals surface area (Å²) in [5, 5.41) is 20.6. The highest BCUT2D eigenvalue weighted by Gasteiger charge is 2.44. The van der Waals surface area contributed by atoms with Gasteiger partial charge < -0.3 is 29.2 Å². The Bertz CT molecular complexity index is 1010.